The molecule has 1 atom stereocenters. The normalized spacial score (nSPS) is 14.3. The highest BCUT2D eigenvalue weighted by Crippen LogP contribution is 2.32. The highest BCUT2D eigenvalue weighted by Gasteiger charge is 2.30. The number of carbonyl (C=O) groups is 2. The van der Waals surface area contributed by atoms with Gasteiger partial charge in [0.15, 0.2) is 5.16 Å². The monoisotopic (exact) mass is 406 g/mol. The standard InChI is InChI=1S/C22H22N4O2S/c1-14-10-15(2)12-17(11-14)25-9-8-23-22(25)29-16(3)21(28)26-13-20(27)24-18-6-4-5-7-19(18)26/h4-12,16H,13H2,1-3H3,(H,24,27). The number of para-hydroxylation sites is 2. The molecule has 1 aromatic heterocycles. The molecule has 1 aliphatic heterocycles. The summed E-state index contributed by atoms with van der Waals surface area (Å²) in [6, 6.07) is 13.7. The van der Waals surface area contributed by atoms with Crippen molar-refractivity contribution in [2.45, 2.75) is 31.2 Å². The van der Waals surface area contributed by atoms with Gasteiger partial charge >= 0.3 is 0 Å². The number of rotatable bonds is 4. The molecule has 0 radical (unpaired) electrons. The fraction of sp³-hybridized carbons (Fsp3) is 0.227. The maximum Gasteiger partial charge on any atom is 0.244 e. The highest BCUT2D eigenvalue weighted by atomic mass is 32.2. The Bertz CT molecular complexity index is 1070. The van der Waals surface area contributed by atoms with Gasteiger partial charge in [0.25, 0.3) is 0 Å². The van der Waals surface area contributed by atoms with Crippen LogP contribution in [0.5, 0.6) is 0 Å². The predicted octanol–water partition coefficient (Wildman–Crippen LogP) is 3.96. The first kappa shape index (κ1) is 19.3. The fourth-order valence-corrected chi connectivity index (χ4v) is 4.47. The lowest BCUT2D eigenvalue weighted by molar-refractivity contribution is -0.121. The van der Waals surface area contributed by atoms with E-state index in [1.54, 1.807) is 17.2 Å². The van der Waals surface area contributed by atoms with Crippen molar-refractivity contribution in [1.82, 2.24) is 9.55 Å². The van der Waals surface area contributed by atoms with Crippen LogP contribution in [0.25, 0.3) is 5.69 Å². The van der Waals surface area contributed by atoms with Gasteiger partial charge in [0.2, 0.25) is 11.8 Å². The SMILES string of the molecule is Cc1cc(C)cc(-n2ccnc2SC(C)C(=O)N2CC(=O)Nc3ccccc32)c1. The van der Waals surface area contributed by atoms with Crippen LogP contribution in [-0.2, 0) is 9.59 Å². The van der Waals surface area contributed by atoms with E-state index in [0.717, 1.165) is 16.5 Å². The molecule has 29 heavy (non-hydrogen) atoms. The van der Waals surface area contributed by atoms with Crippen LogP contribution in [-0.4, -0.2) is 33.2 Å². The Morgan fingerprint density at radius 3 is 2.66 bits per heavy atom. The summed E-state index contributed by atoms with van der Waals surface area (Å²) in [7, 11) is 0. The minimum absolute atomic E-state index is 0.0201. The molecule has 1 unspecified atom stereocenters. The number of carbonyl (C=O) groups excluding carboxylic acids is 2. The molecule has 2 aromatic carbocycles. The van der Waals surface area contributed by atoms with Crippen molar-refractivity contribution >= 4 is 35.0 Å². The molecule has 2 amide bonds. The average molecular weight is 407 g/mol. The van der Waals surface area contributed by atoms with Crippen LogP contribution in [0.3, 0.4) is 0 Å². The van der Waals surface area contributed by atoms with Crippen LogP contribution >= 0.6 is 11.8 Å². The molecule has 7 heteroatoms. The Kier molecular flexibility index (Phi) is 5.15. The Morgan fingerprint density at radius 1 is 1.17 bits per heavy atom. The number of benzene rings is 2. The van der Waals surface area contributed by atoms with Crippen LogP contribution in [0.1, 0.15) is 18.1 Å². The van der Waals surface area contributed by atoms with E-state index in [2.05, 4.69) is 42.3 Å². The molecule has 1 aliphatic rings. The van der Waals surface area contributed by atoms with E-state index in [4.69, 9.17) is 0 Å². The van der Waals surface area contributed by atoms with Gasteiger partial charge in [-0.2, -0.15) is 0 Å². The van der Waals surface area contributed by atoms with Crippen molar-refractivity contribution in [3.8, 4) is 5.69 Å². The zero-order valence-electron chi connectivity index (χ0n) is 16.5. The number of imidazole rings is 1. The molecule has 0 fully saturated rings. The van der Waals surface area contributed by atoms with Crippen molar-refractivity contribution in [1.29, 1.82) is 0 Å². The zero-order valence-corrected chi connectivity index (χ0v) is 17.4. The van der Waals surface area contributed by atoms with E-state index in [1.807, 2.05) is 35.9 Å². The molecule has 0 saturated heterocycles. The number of hydrogen-bond acceptors (Lipinski definition) is 4. The quantitative estimate of drug-likeness (QED) is 0.666. The molecule has 2 heterocycles. The van der Waals surface area contributed by atoms with Gasteiger partial charge in [0.05, 0.1) is 16.6 Å². The van der Waals surface area contributed by atoms with E-state index in [0.29, 0.717) is 5.69 Å². The van der Waals surface area contributed by atoms with E-state index >= 15 is 0 Å². The predicted molar refractivity (Wildman–Crippen MR) is 116 cm³/mol. The number of aromatic nitrogens is 2. The van der Waals surface area contributed by atoms with Crippen LogP contribution in [0.4, 0.5) is 11.4 Å². The molecule has 0 bridgehead atoms. The van der Waals surface area contributed by atoms with Gasteiger partial charge in [-0.1, -0.05) is 30.0 Å². The number of nitrogens with one attached hydrogen (secondary N) is 1. The van der Waals surface area contributed by atoms with Crippen molar-refractivity contribution in [3.05, 3.63) is 66.0 Å². The molecule has 0 spiro atoms. The maximum atomic E-state index is 13.2. The molecule has 0 aliphatic carbocycles. The topological polar surface area (TPSA) is 67.2 Å². The van der Waals surface area contributed by atoms with E-state index in [9.17, 15) is 9.59 Å². The third-order valence-corrected chi connectivity index (χ3v) is 5.83. The van der Waals surface area contributed by atoms with Crippen molar-refractivity contribution in [2.75, 3.05) is 16.8 Å². The zero-order chi connectivity index (χ0) is 20.5. The second-order valence-electron chi connectivity index (χ2n) is 7.18. The smallest absolute Gasteiger partial charge is 0.244 e. The minimum Gasteiger partial charge on any atom is -0.323 e. The third-order valence-electron chi connectivity index (χ3n) is 4.76. The molecule has 3 aromatic rings. The second-order valence-corrected chi connectivity index (χ2v) is 8.48. The molecular formula is C22H22N4O2S. The maximum absolute atomic E-state index is 13.2. The van der Waals surface area contributed by atoms with Gasteiger partial charge in [-0.3, -0.25) is 19.1 Å². The van der Waals surface area contributed by atoms with Gasteiger partial charge in [0.1, 0.15) is 6.54 Å². The summed E-state index contributed by atoms with van der Waals surface area (Å²) in [5.41, 5.74) is 4.74. The number of anilines is 2. The van der Waals surface area contributed by atoms with Gasteiger partial charge in [-0.15, -0.1) is 0 Å². The summed E-state index contributed by atoms with van der Waals surface area (Å²) in [4.78, 5) is 31.2. The Morgan fingerprint density at radius 2 is 1.90 bits per heavy atom. The number of amides is 2. The number of fused-ring (bicyclic) bond motifs is 1. The van der Waals surface area contributed by atoms with Gasteiger partial charge in [-0.25, -0.2) is 4.98 Å². The minimum atomic E-state index is -0.402. The summed E-state index contributed by atoms with van der Waals surface area (Å²) in [5, 5.41) is 3.15. The molecule has 4 rings (SSSR count). The Hall–Kier alpha value is -3.06. The van der Waals surface area contributed by atoms with Crippen molar-refractivity contribution < 1.29 is 9.59 Å². The summed E-state index contributed by atoms with van der Waals surface area (Å²) < 4.78 is 1.99. The number of nitrogens with zero attached hydrogens (tertiary/aromatic N) is 3. The largest absolute Gasteiger partial charge is 0.323 e. The molecule has 0 saturated carbocycles. The van der Waals surface area contributed by atoms with E-state index < -0.39 is 5.25 Å². The van der Waals surface area contributed by atoms with Gasteiger partial charge < -0.3 is 5.32 Å². The van der Waals surface area contributed by atoms with Crippen LogP contribution in [0.15, 0.2) is 60.0 Å². The molecule has 1 N–H and O–H groups in total. The summed E-state index contributed by atoms with van der Waals surface area (Å²) in [5.74, 6) is -0.307. The van der Waals surface area contributed by atoms with Crippen LogP contribution in [0.2, 0.25) is 0 Å². The van der Waals surface area contributed by atoms with Crippen LogP contribution < -0.4 is 10.2 Å². The average Bonchev–Trinajstić information content (AvgIpc) is 3.14. The lowest BCUT2D eigenvalue weighted by atomic mass is 10.1. The number of hydrogen-bond donors (Lipinski definition) is 1. The Balaban J connectivity index is 1.58. The van der Waals surface area contributed by atoms with Gasteiger partial charge in [0, 0.05) is 18.1 Å². The second kappa shape index (κ2) is 7.75. The van der Waals surface area contributed by atoms with Crippen molar-refractivity contribution in [2.24, 2.45) is 0 Å². The highest BCUT2D eigenvalue weighted by molar-refractivity contribution is 8.00. The lowest BCUT2D eigenvalue weighted by Gasteiger charge is -2.30. The summed E-state index contributed by atoms with van der Waals surface area (Å²) in [6.07, 6.45) is 3.64. The van der Waals surface area contributed by atoms with Crippen LogP contribution in [0, 0.1) is 13.8 Å². The summed E-state index contributed by atoms with van der Waals surface area (Å²) >= 11 is 1.39. The first-order chi connectivity index (χ1) is 13.9. The number of aryl methyl sites for hydroxylation is 2. The number of thioether (sulfide) groups is 1. The first-order valence-electron chi connectivity index (χ1n) is 9.41. The molecule has 6 nitrogen and oxygen atoms in total. The lowest BCUT2D eigenvalue weighted by Crippen LogP contribution is -2.45. The van der Waals surface area contributed by atoms with Gasteiger partial charge in [-0.05, 0) is 56.2 Å². The Labute approximate surface area is 173 Å². The van der Waals surface area contributed by atoms with E-state index in [1.165, 1.54) is 22.9 Å². The third kappa shape index (κ3) is 3.91. The first-order valence-corrected chi connectivity index (χ1v) is 10.3. The summed E-state index contributed by atoms with van der Waals surface area (Å²) in [6.45, 7) is 5.99. The fourth-order valence-electron chi connectivity index (χ4n) is 3.52. The van der Waals surface area contributed by atoms with E-state index in [-0.39, 0.29) is 18.4 Å². The van der Waals surface area contributed by atoms with Crippen molar-refractivity contribution in [3.63, 3.8) is 0 Å². The molecular weight excluding hydrogens is 384 g/mol. The molecule has 148 valence electrons.